The van der Waals surface area contributed by atoms with Crippen LogP contribution in [0.15, 0.2) is 36.4 Å². The number of rotatable bonds is 2. The van der Waals surface area contributed by atoms with Crippen LogP contribution in [0.5, 0.6) is 5.75 Å². The summed E-state index contributed by atoms with van der Waals surface area (Å²) in [6, 6.07) is 13.8. The summed E-state index contributed by atoms with van der Waals surface area (Å²) in [7, 11) is 4.07. The van der Waals surface area contributed by atoms with E-state index in [1.165, 1.54) is 47.9 Å². The van der Waals surface area contributed by atoms with Gasteiger partial charge in [0.05, 0.1) is 0 Å². The third-order valence-corrected chi connectivity index (χ3v) is 5.83. The van der Waals surface area contributed by atoms with Crippen molar-refractivity contribution < 1.29 is 5.11 Å². The molecule has 0 aromatic heterocycles. The number of aryl methyl sites for hydroxylation is 3. The summed E-state index contributed by atoms with van der Waals surface area (Å²) in [6.45, 7) is 2.17. The van der Waals surface area contributed by atoms with Gasteiger partial charge in [0.25, 0.3) is 0 Å². The molecule has 0 saturated heterocycles. The molecule has 4 rings (SSSR count). The van der Waals surface area contributed by atoms with Crippen LogP contribution < -0.4 is 10.6 Å². The van der Waals surface area contributed by atoms with Gasteiger partial charge >= 0.3 is 0 Å². The molecule has 0 heterocycles. The van der Waals surface area contributed by atoms with Crippen LogP contribution in [0.4, 0.5) is 0 Å². The summed E-state index contributed by atoms with van der Waals surface area (Å²) in [5, 5.41) is 16.0. The maximum absolute atomic E-state index is 9.30. The molecule has 2 aliphatic carbocycles. The van der Waals surface area contributed by atoms with Crippen molar-refractivity contribution in [3.8, 4) is 5.75 Å². The lowest BCUT2D eigenvalue weighted by Crippen LogP contribution is -2.31. The first-order valence-corrected chi connectivity index (χ1v) is 9.82. The molecule has 0 aliphatic heterocycles. The molecule has 0 saturated carbocycles. The molecule has 3 nitrogen and oxygen atoms in total. The minimum atomic E-state index is 0.390. The van der Waals surface area contributed by atoms with E-state index in [0.717, 1.165) is 12.8 Å². The van der Waals surface area contributed by atoms with Gasteiger partial charge in [0.15, 0.2) is 0 Å². The van der Waals surface area contributed by atoms with Crippen LogP contribution in [0.25, 0.3) is 0 Å². The molecular weight excluding hydrogens is 320 g/mol. The van der Waals surface area contributed by atoms with E-state index >= 15 is 0 Å². The van der Waals surface area contributed by atoms with Gasteiger partial charge in [0.1, 0.15) is 5.75 Å². The van der Waals surface area contributed by atoms with E-state index < -0.39 is 0 Å². The van der Waals surface area contributed by atoms with Gasteiger partial charge in [-0.2, -0.15) is 0 Å². The monoisotopic (exact) mass is 352 g/mol. The Hall–Kier alpha value is -1.84. The summed E-state index contributed by atoms with van der Waals surface area (Å²) >= 11 is 0. The molecule has 140 valence electrons. The smallest absolute Gasteiger partial charge is 0.115 e. The lowest BCUT2D eigenvalue weighted by Gasteiger charge is -2.24. The van der Waals surface area contributed by atoms with E-state index in [2.05, 4.69) is 42.8 Å². The fraction of sp³-hybridized carbons (Fsp3) is 0.478. The summed E-state index contributed by atoms with van der Waals surface area (Å²) < 4.78 is 0. The first kappa shape index (κ1) is 18.9. The minimum Gasteiger partial charge on any atom is -0.508 e. The van der Waals surface area contributed by atoms with Crippen molar-refractivity contribution in [3.63, 3.8) is 0 Å². The zero-order valence-electron chi connectivity index (χ0n) is 16.3. The number of hydrogen-bond donors (Lipinski definition) is 3. The number of phenols is 1. The Bertz CT molecular complexity index is 677. The van der Waals surface area contributed by atoms with Crippen molar-refractivity contribution in [1.29, 1.82) is 0 Å². The van der Waals surface area contributed by atoms with Gasteiger partial charge in [-0.15, -0.1) is 0 Å². The quantitative estimate of drug-likeness (QED) is 0.775. The third kappa shape index (κ3) is 4.66. The van der Waals surface area contributed by atoms with Gasteiger partial charge in [0.2, 0.25) is 0 Å². The van der Waals surface area contributed by atoms with Gasteiger partial charge in [-0.1, -0.05) is 29.8 Å². The highest BCUT2D eigenvalue weighted by Crippen LogP contribution is 2.25. The molecule has 2 atom stereocenters. The second-order valence-electron chi connectivity index (χ2n) is 7.68. The second-order valence-corrected chi connectivity index (χ2v) is 7.68. The first-order chi connectivity index (χ1) is 12.6. The average Bonchev–Trinajstić information content (AvgIpc) is 2.67. The van der Waals surface area contributed by atoms with Crippen molar-refractivity contribution in [2.45, 2.75) is 57.5 Å². The van der Waals surface area contributed by atoms with E-state index in [0.29, 0.717) is 17.8 Å². The predicted octanol–water partition coefficient (Wildman–Crippen LogP) is 3.54. The average molecular weight is 353 g/mol. The van der Waals surface area contributed by atoms with Crippen LogP contribution in [-0.4, -0.2) is 31.3 Å². The van der Waals surface area contributed by atoms with E-state index in [9.17, 15) is 5.11 Å². The zero-order chi connectivity index (χ0) is 18.5. The highest BCUT2D eigenvalue weighted by molar-refractivity contribution is 5.37. The van der Waals surface area contributed by atoms with Crippen LogP contribution in [0.3, 0.4) is 0 Å². The number of nitrogens with one attached hydrogen (secondary N) is 2. The summed E-state index contributed by atoms with van der Waals surface area (Å²) in [6.07, 6.45) is 7.07. The van der Waals surface area contributed by atoms with E-state index in [4.69, 9.17) is 0 Å². The van der Waals surface area contributed by atoms with Crippen LogP contribution in [0.1, 0.15) is 40.7 Å². The highest BCUT2D eigenvalue weighted by atomic mass is 16.3. The zero-order valence-corrected chi connectivity index (χ0v) is 16.3. The number of aromatic hydroxyl groups is 1. The highest BCUT2D eigenvalue weighted by Gasteiger charge is 2.17. The SMILES string of the molecule is CNC1CCc2cc(C)ccc2C1.CNC1CCc2cc(O)ccc2C1. The van der Waals surface area contributed by atoms with Crippen LogP contribution in [0.2, 0.25) is 0 Å². The van der Waals surface area contributed by atoms with Gasteiger partial charge in [-0.3, -0.25) is 0 Å². The molecule has 3 N–H and O–H groups in total. The number of likely N-dealkylation sites (N-methyl/N-ethyl adjacent to an activating group) is 2. The lowest BCUT2D eigenvalue weighted by atomic mass is 9.87. The molecule has 0 radical (unpaired) electrons. The normalized spacial score (nSPS) is 21.2. The maximum atomic E-state index is 9.30. The van der Waals surface area contributed by atoms with Crippen LogP contribution >= 0.6 is 0 Å². The van der Waals surface area contributed by atoms with Crippen molar-refractivity contribution >= 4 is 0 Å². The first-order valence-electron chi connectivity index (χ1n) is 9.82. The minimum absolute atomic E-state index is 0.390. The number of hydrogen-bond acceptors (Lipinski definition) is 3. The number of fused-ring (bicyclic) bond motifs is 2. The largest absolute Gasteiger partial charge is 0.508 e. The number of benzene rings is 2. The molecule has 0 bridgehead atoms. The predicted molar refractivity (Wildman–Crippen MR) is 109 cm³/mol. The Balaban J connectivity index is 0.000000151. The van der Waals surface area contributed by atoms with Gasteiger partial charge in [0, 0.05) is 12.1 Å². The standard InChI is InChI=1S/C12H17N.C11H15NO/c1-9-3-4-11-8-12(13-2)6-5-10(11)7-9;1-12-10-4-2-9-7-11(13)5-3-8(9)6-10/h3-4,7,12-13H,5-6,8H2,1-2H3;3,5,7,10,12-13H,2,4,6H2,1H3. The molecule has 2 aromatic rings. The Morgan fingerprint density at radius 3 is 1.88 bits per heavy atom. The summed E-state index contributed by atoms with van der Waals surface area (Å²) in [5.41, 5.74) is 7.18. The third-order valence-electron chi connectivity index (χ3n) is 5.83. The summed E-state index contributed by atoms with van der Waals surface area (Å²) in [4.78, 5) is 0. The lowest BCUT2D eigenvalue weighted by molar-refractivity contribution is 0.466. The van der Waals surface area contributed by atoms with Gasteiger partial charge < -0.3 is 15.7 Å². The molecule has 0 fully saturated rings. The topological polar surface area (TPSA) is 44.3 Å². The molecule has 2 unspecified atom stereocenters. The van der Waals surface area contributed by atoms with Gasteiger partial charge in [-0.25, -0.2) is 0 Å². The molecular formula is C23H32N2O. The van der Waals surface area contributed by atoms with Crippen molar-refractivity contribution in [2.75, 3.05) is 14.1 Å². The van der Waals surface area contributed by atoms with Gasteiger partial charge in [-0.05, 0) is 93.9 Å². The molecule has 0 amide bonds. The Kier molecular flexibility index (Phi) is 6.33. The fourth-order valence-corrected chi connectivity index (χ4v) is 4.12. The Morgan fingerprint density at radius 2 is 1.31 bits per heavy atom. The Labute approximate surface area is 157 Å². The number of phenolic OH excluding ortho intramolecular Hbond substituents is 1. The van der Waals surface area contributed by atoms with Crippen molar-refractivity contribution in [2.24, 2.45) is 0 Å². The molecule has 2 aliphatic rings. The van der Waals surface area contributed by atoms with E-state index in [1.807, 2.05) is 19.2 Å². The fourth-order valence-electron chi connectivity index (χ4n) is 4.12. The van der Waals surface area contributed by atoms with Crippen molar-refractivity contribution in [1.82, 2.24) is 10.6 Å². The Morgan fingerprint density at radius 1 is 0.769 bits per heavy atom. The van der Waals surface area contributed by atoms with Crippen molar-refractivity contribution in [3.05, 3.63) is 64.2 Å². The van der Waals surface area contributed by atoms with E-state index in [-0.39, 0.29) is 0 Å². The summed E-state index contributed by atoms with van der Waals surface area (Å²) in [5.74, 6) is 0.390. The van der Waals surface area contributed by atoms with Crippen LogP contribution in [0, 0.1) is 6.92 Å². The second kappa shape index (κ2) is 8.70. The molecule has 0 spiro atoms. The van der Waals surface area contributed by atoms with E-state index in [1.54, 1.807) is 11.6 Å². The molecule has 3 heteroatoms. The maximum Gasteiger partial charge on any atom is 0.115 e. The molecule has 2 aromatic carbocycles. The van der Waals surface area contributed by atoms with Crippen LogP contribution in [-0.2, 0) is 25.7 Å². The molecule has 26 heavy (non-hydrogen) atoms.